The van der Waals surface area contributed by atoms with Crippen LogP contribution in [0.25, 0.3) is 22.3 Å². The van der Waals surface area contributed by atoms with Gasteiger partial charge in [-0.15, -0.1) is 0 Å². The Kier molecular flexibility index (Phi) is 8.58. The third-order valence-corrected chi connectivity index (χ3v) is 6.98. The highest BCUT2D eigenvalue weighted by molar-refractivity contribution is 5.71. The second-order valence-electron chi connectivity index (χ2n) is 9.98. The van der Waals surface area contributed by atoms with E-state index in [-0.39, 0.29) is 18.3 Å². The van der Waals surface area contributed by atoms with E-state index in [0.717, 1.165) is 31.1 Å². The molecule has 3 unspecified atom stereocenters. The minimum atomic E-state index is 0.151. The van der Waals surface area contributed by atoms with Gasteiger partial charge >= 0.3 is 0 Å². The largest absolute Gasteiger partial charge is 0.491 e. The van der Waals surface area contributed by atoms with Crippen LogP contribution >= 0.6 is 0 Å². The summed E-state index contributed by atoms with van der Waals surface area (Å²) in [5.41, 5.74) is 4.72. The van der Waals surface area contributed by atoms with E-state index in [1.54, 1.807) is 0 Å². The monoisotopic (exact) mass is 486 g/mol. The van der Waals surface area contributed by atoms with Crippen molar-refractivity contribution in [1.29, 1.82) is 0 Å². The first-order chi connectivity index (χ1) is 17.8. The van der Waals surface area contributed by atoms with Gasteiger partial charge in [0.15, 0.2) is 0 Å². The third kappa shape index (κ3) is 7.35. The van der Waals surface area contributed by atoms with Gasteiger partial charge in [0.05, 0.1) is 13.2 Å². The SMILES string of the molecule is CCCCCCCCC(Oc1cccc(-c2ccc(-c3ccc(OCC4CO4)cc3)cc2)c1)C1CO1. The maximum atomic E-state index is 6.43. The first kappa shape index (κ1) is 24.9. The molecule has 4 nitrogen and oxygen atoms in total. The Hall–Kier alpha value is -2.82. The van der Waals surface area contributed by atoms with Crippen LogP contribution in [0.3, 0.4) is 0 Å². The molecule has 2 saturated heterocycles. The summed E-state index contributed by atoms with van der Waals surface area (Å²) in [7, 11) is 0. The van der Waals surface area contributed by atoms with Gasteiger partial charge in [0.25, 0.3) is 0 Å². The molecule has 2 fully saturated rings. The summed E-state index contributed by atoms with van der Waals surface area (Å²) in [6.45, 7) is 4.53. The van der Waals surface area contributed by atoms with Crippen molar-refractivity contribution in [3.63, 3.8) is 0 Å². The van der Waals surface area contributed by atoms with Gasteiger partial charge in [0, 0.05) is 0 Å². The van der Waals surface area contributed by atoms with Crippen LogP contribution < -0.4 is 9.47 Å². The topological polar surface area (TPSA) is 43.5 Å². The smallest absolute Gasteiger partial charge is 0.127 e. The lowest BCUT2D eigenvalue weighted by Crippen LogP contribution is -2.23. The minimum Gasteiger partial charge on any atom is -0.491 e. The van der Waals surface area contributed by atoms with Crippen molar-refractivity contribution in [1.82, 2.24) is 0 Å². The van der Waals surface area contributed by atoms with Gasteiger partial charge in [-0.1, -0.05) is 87.6 Å². The van der Waals surface area contributed by atoms with Gasteiger partial charge in [0.1, 0.15) is 36.4 Å². The summed E-state index contributed by atoms with van der Waals surface area (Å²) >= 11 is 0. The molecule has 0 aliphatic carbocycles. The van der Waals surface area contributed by atoms with Crippen LogP contribution in [0, 0.1) is 0 Å². The maximum Gasteiger partial charge on any atom is 0.127 e. The molecular formula is C32H38O4. The minimum absolute atomic E-state index is 0.151. The molecule has 3 atom stereocenters. The number of ether oxygens (including phenoxy) is 4. The standard InChI is InChI=1S/C32H38O4/c1-2-3-4-5-6-7-11-31(32-23-35-32)36-29-10-8-9-27(20-29)26-14-12-24(13-15-26)25-16-18-28(19-17-25)33-21-30-22-34-30/h8-10,12-20,30-32H,2-7,11,21-23H2,1H3. The van der Waals surface area contributed by atoms with Crippen LogP contribution in [0.5, 0.6) is 11.5 Å². The molecule has 0 spiro atoms. The molecular weight excluding hydrogens is 448 g/mol. The predicted octanol–water partition coefficient (Wildman–Crippen LogP) is 7.70. The van der Waals surface area contributed by atoms with E-state index in [1.807, 2.05) is 12.1 Å². The molecule has 3 aromatic rings. The Morgan fingerprint density at radius 2 is 1.36 bits per heavy atom. The van der Waals surface area contributed by atoms with Gasteiger partial charge in [0.2, 0.25) is 0 Å². The van der Waals surface area contributed by atoms with Crippen LogP contribution in [0.15, 0.2) is 72.8 Å². The average Bonchev–Trinajstić information content (AvgIpc) is 3.84. The molecule has 3 aromatic carbocycles. The van der Waals surface area contributed by atoms with Crippen molar-refractivity contribution < 1.29 is 18.9 Å². The summed E-state index contributed by atoms with van der Waals surface area (Å²) in [5, 5.41) is 0. The van der Waals surface area contributed by atoms with E-state index in [0.29, 0.717) is 6.61 Å². The zero-order valence-corrected chi connectivity index (χ0v) is 21.4. The second-order valence-corrected chi connectivity index (χ2v) is 9.98. The Morgan fingerprint density at radius 3 is 2.03 bits per heavy atom. The van der Waals surface area contributed by atoms with Gasteiger partial charge in [-0.05, 0) is 59.4 Å². The van der Waals surface area contributed by atoms with E-state index in [2.05, 4.69) is 67.6 Å². The summed E-state index contributed by atoms with van der Waals surface area (Å²) in [4.78, 5) is 0. The van der Waals surface area contributed by atoms with E-state index >= 15 is 0 Å². The average molecular weight is 487 g/mol. The van der Waals surface area contributed by atoms with Crippen molar-refractivity contribution in [3.05, 3.63) is 72.8 Å². The number of benzene rings is 3. The van der Waals surface area contributed by atoms with Gasteiger partial charge in [-0.2, -0.15) is 0 Å². The Balaban J connectivity index is 1.17. The summed E-state index contributed by atoms with van der Waals surface area (Å²) in [5.74, 6) is 1.81. The number of epoxide rings is 2. The predicted molar refractivity (Wildman–Crippen MR) is 145 cm³/mol. The molecule has 0 amide bonds. The zero-order valence-electron chi connectivity index (χ0n) is 21.4. The molecule has 4 heteroatoms. The normalized spacial score (nSPS) is 19.0. The second kappa shape index (κ2) is 12.4. The number of unbranched alkanes of at least 4 members (excludes halogenated alkanes) is 5. The van der Waals surface area contributed by atoms with Gasteiger partial charge in [-0.3, -0.25) is 0 Å². The third-order valence-electron chi connectivity index (χ3n) is 6.98. The fourth-order valence-electron chi connectivity index (χ4n) is 4.59. The Bertz CT molecular complexity index is 1070. The van der Waals surface area contributed by atoms with Crippen LogP contribution in [-0.2, 0) is 9.47 Å². The fourth-order valence-corrected chi connectivity index (χ4v) is 4.59. The molecule has 0 bridgehead atoms. The maximum absolute atomic E-state index is 6.43. The number of hydrogen-bond acceptors (Lipinski definition) is 4. The molecule has 2 heterocycles. The quantitative estimate of drug-likeness (QED) is 0.163. The first-order valence-electron chi connectivity index (χ1n) is 13.6. The summed E-state index contributed by atoms with van der Waals surface area (Å²) in [6.07, 6.45) is 9.53. The van der Waals surface area contributed by atoms with Crippen molar-refractivity contribution in [2.75, 3.05) is 19.8 Å². The van der Waals surface area contributed by atoms with Crippen LogP contribution in [-0.4, -0.2) is 38.1 Å². The van der Waals surface area contributed by atoms with Crippen LogP contribution in [0.2, 0.25) is 0 Å². The van der Waals surface area contributed by atoms with Gasteiger partial charge < -0.3 is 18.9 Å². The molecule has 2 aliphatic heterocycles. The van der Waals surface area contributed by atoms with Crippen molar-refractivity contribution in [2.45, 2.75) is 70.2 Å². The molecule has 5 rings (SSSR count). The fraction of sp³-hybridized carbons (Fsp3) is 0.438. The summed E-state index contributed by atoms with van der Waals surface area (Å²) < 4.78 is 23.0. The summed E-state index contributed by atoms with van der Waals surface area (Å²) in [6, 6.07) is 25.4. The highest BCUT2D eigenvalue weighted by Crippen LogP contribution is 2.30. The highest BCUT2D eigenvalue weighted by Gasteiger charge is 2.34. The zero-order chi connectivity index (χ0) is 24.6. The molecule has 0 aromatic heterocycles. The Labute approximate surface area is 215 Å². The van der Waals surface area contributed by atoms with Crippen molar-refractivity contribution in [2.24, 2.45) is 0 Å². The highest BCUT2D eigenvalue weighted by atomic mass is 16.6. The molecule has 0 N–H and O–H groups in total. The molecule has 0 saturated carbocycles. The van der Waals surface area contributed by atoms with E-state index < -0.39 is 0 Å². The van der Waals surface area contributed by atoms with Gasteiger partial charge in [-0.25, -0.2) is 0 Å². The first-order valence-corrected chi connectivity index (χ1v) is 13.6. The molecule has 190 valence electrons. The number of rotatable bonds is 15. The van der Waals surface area contributed by atoms with E-state index in [1.165, 1.54) is 60.8 Å². The molecule has 0 radical (unpaired) electrons. The van der Waals surface area contributed by atoms with E-state index in [9.17, 15) is 0 Å². The Morgan fingerprint density at radius 1 is 0.722 bits per heavy atom. The van der Waals surface area contributed by atoms with Crippen molar-refractivity contribution in [3.8, 4) is 33.8 Å². The molecule has 2 aliphatic rings. The lowest BCUT2D eigenvalue weighted by molar-refractivity contribution is 0.147. The van der Waals surface area contributed by atoms with Crippen LogP contribution in [0.1, 0.15) is 51.9 Å². The van der Waals surface area contributed by atoms with Crippen molar-refractivity contribution >= 4 is 0 Å². The lowest BCUT2D eigenvalue weighted by Gasteiger charge is -2.18. The molecule has 36 heavy (non-hydrogen) atoms. The van der Waals surface area contributed by atoms with Crippen LogP contribution in [0.4, 0.5) is 0 Å². The van der Waals surface area contributed by atoms with E-state index in [4.69, 9.17) is 18.9 Å². The lowest BCUT2D eigenvalue weighted by atomic mass is 10.00. The number of hydrogen-bond donors (Lipinski definition) is 0.